The average Bonchev–Trinajstić information content (AvgIpc) is 2.55. The van der Waals surface area contributed by atoms with Crippen LogP contribution < -0.4 is 5.32 Å². The third-order valence-corrected chi connectivity index (χ3v) is 4.33. The summed E-state index contributed by atoms with van der Waals surface area (Å²) in [7, 11) is -4.63. The molecule has 1 amide bonds. The Morgan fingerprint density at radius 2 is 2.00 bits per heavy atom. The molecule has 0 saturated carbocycles. The number of nitrogens with zero attached hydrogens (tertiary/aromatic N) is 1. The zero-order chi connectivity index (χ0) is 15.5. The molecule has 1 aliphatic heterocycles. The van der Waals surface area contributed by atoms with Crippen LogP contribution >= 0.6 is 7.60 Å². The molecule has 0 spiro atoms. The fraction of sp³-hybridized carbons (Fsp3) is 0.429. The van der Waals surface area contributed by atoms with Crippen molar-refractivity contribution in [3.05, 3.63) is 29.8 Å². The van der Waals surface area contributed by atoms with Crippen LogP contribution in [-0.4, -0.2) is 27.2 Å². The first-order valence-corrected chi connectivity index (χ1v) is 8.63. The molecule has 1 aromatic rings. The number of carbonyl (C=O) groups is 1. The molecule has 0 radical (unpaired) electrons. The molecule has 2 rings (SSSR count). The topological polar surface area (TPSA) is 99.0 Å². The van der Waals surface area contributed by atoms with Crippen LogP contribution in [0.2, 0.25) is 0 Å². The van der Waals surface area contributed by atoms with Gasteiger partial charge in [-0.25, -0.2) is 0 Å². The predicted molar refractivity (Wildman–Crippen MR) is 81.6 cm³/mol. The normalized spacial score (nSPS) is 18.5. The first-order valence-electron chi connectivity index (χ1n) is 6.95. The minimum absolute atomic E-state index is 0.550. The lowest BCUT2D eigenvalue weighted by atomic mass is 10.0. The second-order valence-corrected chi connectivity index (χ2v) is 6.70. The first kappa shape index (κ1) is 15.9. The van der Waals surface area contributed by atoms with Crippen LogP contribution in [0.15, 0.2) is 29.3 Å². The number of fused-ring (bicyclic) bond motifs is 1. The minimum Gasteiger partial charge on any atom is -0.323 e. The van der Waals surface area contributed by atoms with Gasteiger partial charge < -0.3 is 15.1 Å². The monoisotopic (exact) mass is 310 g/mol. The summed E-state index contributed by atoms with van der Waals surface area (Å²) in [6.07, 6.45) is 3.50. The molecule has 0 fully saturated rings. The molecule has 21 heavy (non-hydrogen) atoms. The van der Waals surface area contributed by atoms with E-state index in [4.69, 9.17) is 0 Å². The van der Waals surface area contributed by atoms with Crippen molar-refractivity contribution in [2.24, 2.45) is 4.99 Å². The van der Waals surface area contributed by atoms with Crippen molar-refractivity contribution in [1.29, 1.82) is 0 Å². The number of rotatable bonds is 5. The first-order chi connectivity index (χ1) is 9.93. The van der Waals surface area contributed by atoms with Gasteiger partial charge in [0.1, 0.15) is 0 Å². The fourth-order valence-electron chi connectivity index (χ4n) is 2.29. The summed E-state index contributed by atoms with van der Waals surface area (Å²) in [6.45, 7) is 2.08. The van der Waals surface area contributed by atoms with Crippen molar-refractivity contribution < 1.29 is 19.1 Å². The Kier molecular flexibility index (Phi) is 4.93. The summed E-state index contributed by atoms with van der Waals surface area (Å²) in [5.74, 6) is -2.43. The molecule has 1 atom stereocenters. The van der Waals surface area contributed by atoms with Gasteiger partial charge in [0.05, 0.1) is 0 Å². The van der Waals surface area contributed by atoms with E-state index in [0.29, 0.717) is 17.8 Å². The third-order valence-electron chi connectivity index (χ3n) is 3.34. The quantitative estimate of drug-likeness (QED) is 0.575. The molecular formula is C14H19N2O4P. The number of benzene rings is 1. The lowest BCUT2D eigenvalue weighted by molar-refractivity contribution is -0.116. The lowest BCUT2D eigenvalue weighted by Gasteiger charge is -2.12. The van der Waals surface area contributed by atoms with Crippen LogP contribution in [0.3, 0.4) is 0 Å². The highest BCUT2D eigenvalue weighted by atomic mass is 31.2. The van der Waals surface area contributed by atoms with E-state index in [0.717, 1.165) is 24.8 Å². The van der Waals surface area contributed by atoms with Crippen molar-refractivity contribution in [3.8, 4) is 0 Å². The number of hydrogen-bond acceptors (Lipinski definition) is 3. The predicted octanol–water partition coefficient (Wildman–Crippen LogP) is 2.51. The van der Waals surface area contributed by atoms with Crippen LogP contribution in [0.4, 0.5) is 5.69 Å². The number of carbonyl (C=O) groups excluding carboxylic acids is 1. The van der Waals surface area contributed by atoms with Crippen molar-refractivity contribution in [2.45, 2.75) is 38.4 Å². The molecule has 3 N–H and O–H groups in total. The second-order valence-electron chi connectivity index (χ2n) is 5.03. The summed E-state index contributed by atoms with van der Waals surface area (Å²) in [6, 6.07) is 7.10. The third kappa shape index (κ3) is 3.79. The molecule has 0 bridgehead atoms. The number of unbranched alkanes of at least 4 members (excludes halogenated alkanes) is 2. The van der Waals surface area contributed by atoms with Crippen LogP contribution in [0.25, 0.3) is 0 Å². The zero-order valence-corrected chi connectivity index (χ0v) is 12.7. The Bertz CT molecular complexity index is 609. The van der Waals surface area contributed by atoms with E-state index in [1.165, 1.54) is 0 Å². The number of nitrogens with one attached hydrogen (secondary N) is 1. The smallest absolute Gasteiger partial charge is 0.323 e. The van der Waals surface area contributed by atoms with E-state index in [1.807, 2.05) is 12.1 Å². The van der Waals surface area contributed by atoms with Gasteiger partial charge >= 0.3 is 7.60 Å². The Labute approximate surface area is 123 Å². The van der Waals surface area contributed by atoms with Crippen LogP contribution in [0.1, 0.15) is 38.2 Å². The molecular weight excluding hydrogens is 291 g/mol. The van der Waals surface area contributed by atoms with E-state index in [9.17, 15) is 19.1 Å². The molecule has 1 aliphatic rings. The van der Waals surface area contributed by atoms with Gasteiger partial charge in [-0.2, -0.15) is 0 Å². The van der Waals surface area contributed by atoms with Gasteiger partial charge in [-0.05, 0) is 18.9 Å². The minimum atomic E-state index is -4.63. The largest absolute Gasteiger partial charge is 0.359 e. The molecule has 6 nitrogen and oxygen atoms in total. The van der Waals surface area contributed by atoms with Gasteiger partial charge in [-0.3, -0.25) is 14.4 Å². The van der Waals surface area contributed by atoms with Crippen molar-refractivity contribution in [2.75, 3.05) is 5.32 Å². The summed E-state index contributed by atoms with van der Waals surface area (Å²) in [5.41, 5.74) is 1.86. The Morgan fingerprint density at radius 3 is 2.67 bits per heavy atom. The Morgan fingerprint density at radius 1 is 1.29 bits per heavy atom. The maximum Gasteiger partial charge on any atom is 0.359 e. The maximum absolute atomic E-state index is 12.0. The van der Waals surface area contributed by atoms with Crippen LogP contribution in [0, 0.1) is 0 Å². The van der Waals surface area contributed by atoms with Crippen LogP contribution in [-0.2, 0) is 9.36 Å². The highest BCUT2D eigenvalue weighted by Gasteiger charge is 2.38. The highest BCUT2D eigenvalue weighted by molar-refractivity contribution is 7.53. The summed E-state index contributed by atoms with van der Waals surface area (Å²) >= 11 is 0. The van der Waals surface area contributed by atoms with Gasteiger partial charge in [0.2, 0.25) is 5.78 Å². The SMILES string of the molecule is CCCCCC1=NC(P(=O)(O)O)C(=O)Nc2ccccc21. The lowest BCUT2D eigenvalue weighted by Crippen LogP contribution is -2.25. The van der Waals surface area contributed by atoms with E-state index < -0.39 is 19.3 Å². The molecule has 7 heteroatoms. The molecule has 1 aromatic carbocycles. The van der Waals surface area contributed by atoms with Crippen LogP contribution in [0.5, 0.6) is 0 Å². The zero-order valence-electron chi connectivity index (χ0n) is 11.8. The molecule has 1 unspecified atom stereocenters. The number of benzodiazepines with no additional fused rings is 1. The number of amides is 1. The number of para-hydroxylation sites is 1. The summed E-state index contributed by atoms with van der Waals surface area (Å²) < 4.78 is 11.5. The van der Waals surface area contributed by atoms with E-state index in [2.05, 4.69) is 17.2 Å². The van der Waals surface area contributed by atoms with E-state index in [-0.39, 0.29) is 0 Å². The highest BCUT2D eigenvalue weighted by Crippen LogP contribution is 2.44. The van der Waals surface area contributed by atoms with Gasteiger partial charge in [0.25, 0.3) is 5.91 Å². The second kappa shape index (κ2) is 6.52. The summed E-state index contributed by atoms with van der Waals surface area (Å²) in [5, 5.41) is 2.55. The maximum atomic E-state index is 12.0. The number of hydrogen-bond donors (Lipinski definition) is 3. The van der Waals surface area contributed by atoms with Gasteiger partial charge in [0, 0.05) is 17.0 Å². The van der Waals surface area contributed by atoms with E-state index in [1.54, 1.807) is 12.1 Å². The van der Waals surface area contributed by atoms with Crippen molar-refractivity contribution in [1.82, 2.24) is 0 Å². The molecule has 1 heterocycles. The molecule has 0 saturated heterocycles. The Balaban J connectivity index is 2.42. The molecule has 0 aromatic heterocycles. The van der Waals surface area contributed by atoms with E-state index >= 15 is 0 Å². The fourth-order valence-corrected chi connectivity index (χ4v) is 2.95. The van der Waals surface area contributed by atoms with Crippen molar-refractivity contribution >= 4 is 24.9 Å². The molecule has 114 valence electrons. The van der Waals surface area contributed by atoms with Gasteiger partial charge in [0.15, 0.2) is 0 Å². The Hall–Kier alpha value is -1.49. The standard InChI is InChI=1S/C14H19N2O4P/c1-2-3-4-8-12-10-7-5-6-9-11(10)15-13(17)14(16-12)21(18,19)20/h5-7,9,14H,2-4,8H2,1H3,(H,15,17)(H2,18,19,20). The van der Waals surface area contributed by atoms with Gasteiger partial charge in [-0.1, -0.05) is 38.0 Å². The number of anilines is 1. The van der Waals surface area contributed by atoms with Crippen molar-refractivity contribution in [3.63, 3.8) is 0 Å². The average molecular weight is 310 g/mol. The van der Waals surface area contributed by atoms with Gasteiger partial charge in [-0.15, -0.1) is 0 Å². The molecule has 0 aliphatic carbocycles. The number of aliphatic imine (C=N–C) groups is 1. The summed E-state index contributed by atoms with van der Waals surface area (Å²) in [4.78, 5) is 34.8.